The zero-order valence-electron chi connectivity index (χ0n) is 153. The summed E-state index contributed by atoms with van der Waals surface area (Å²) in [4.78, 5) is 4.38. The highest BCUT2D eigenvalue weighted by molar-refractivity contribution is 6.31. The standard InChI is InChI=1S/5C21H26ClNO/c5*1-21(17-7-4-3-5-8-17,18-10-12-19(22)13-11-18)24-16-14-20-9-6-15-23(20)2/h5*3-5,7-8,10-13,20H,6,9,14-16H2,1-2H3/t5*20-,21-/m11111/s1/i1D3,3D,4D,5D,6D2,7D,8D,9D2,10D,11D,12D,13D,15D2,16D2,20D;1D3,3D,4D,5D,6D2,7D,8D,9D2,10D,11D,12D,13D,14D2,15D2,20D;1D3,3D,4D,5D,6D2,7D,8D,9D2,10D,11D,12D,13D,15D2,20D;1D3,3D,4D,5D,7D,8D,10D,11D,12D,13D,16D2;1D3,3D,4D,5D,7D,8D,10D,11D,12D,13D,14D2. The predicted octanol–water partition coefficient (Wildman–Crippen LogP) is 25.5. The molecule has 0 spiro atoms. The summed E-state index contributed by atoms with van der Waals surface area (Å²) < 4.78 is 771. The largest absolute Gasteiger partial charge is 0.366 e. The molecule has 10 aromatic rings. The molecule has 10 nitrogen and oxygen atoms in total. The number of hydrogen-bond donors (Lipinski definition) is 0. The molecule has 10 atom stereocenters. The molecule has 0 aliphatic carbocycles. The minimum atomic E-state index is -3.97. The molecule has 5 fully saturated rings. The van der Waals surface area contributed by atoms with Crippen molar-refractivity contribution < 1.29 is 146 Å². The Morgan fingerprint density at radius 3 is 0.858 bits per heavy atom. The molecular weight excluding hydrogens is 1590 g/mol. The third-order valence-electron chi connectivity index (χ3n) is 17.4. The molecule has 0 aromatic heterocycles. The topological polar surface area (TPSA) is 62.4 Å². The molecule has 0 radical (unpaired) electrons. The highest BCUT2D eigenvalue weighted by Gasteiger charge is 2.37. The highest BCUT2D eigenvalue weighted by Crippen LogP contribution is 2.41. The van der Waals surface area contributed by atoms with Crippen molar-refractivity contribution in [3.05, 3.63) is 353 Å². The lowest BCUT2D eigenvalue weighted by Gasteiger charge is -2.32. The van der Waals surface area contributed by atoms with Crippen LogP contribution >= 0.6 is 58.0 Å². The SMILES string of the molecule is [2H]c1c([2H])c([2H])c([C@@](OC([2H])([2H])C[C@H]2CCCN2C)(c2c([2H])c([2H])c(Cl)c([2H])c2[2H])C([2H])([2H])[2H])c([2H])c1[2H].[2H]c1c([2H])c([2H])c([C@@](OC([2H])([2H])C[C@]2([2H])N(C)C([2H])([2H])C([2H])([2H])C2([2H])[2H])(c2c([2H])c([2H])c(Cl)c([2H])c2[2H])C([2H])([2H])[2H])c([2H])c1[2H].[2H]c1c([2H])c([2H])c([C@@](OCC([2H])([2H])[C@H]2CCCN2C)(c2c([2H])c([2H])c(Cl)c([2H])c2[2H])C([2H])([2H])[2H])c([2H])c1[2H].[2H]c1c([2H])c([2H])c([C@@](OCC([2H])([2H])[C@]2([2H])N(C)C([2H])([2H])C([2H])([2H])C2([2H])[2H])(c2c([2H])c([2H])c(Cl)c([2H])c2[2H])C([2H])([2H])[2H])c([2H])c1[2H].[2H]c1c([2H])c([2H])c([C@@](OCC[C@]2([2H])N(C)C([2H])([2H])C([2H])([2H])C2([2H])[2H])(c2c([2H])c([2H])c(Cl)c([2H])c2[2H])C([2H])([2H])[2H])c([2H])c1[2H]. The monoisotopic (exact) mass is 1810 g/mol. The first-order chi connectivity index (χ1) is 93.7. The van der Waals surface area contributed by atoms with E-state index in [2.05, 4.69) is 0 Å². The Hall–Kier alpha value is -6.75. The molecule has 5 aliphatic heterocycles. The summed E-state index contributed by atoms with van der Waals surface area (Å²) in [5.41, 5.74) is -28.8. The van der Waals surface area contributed by atoms with E-state index in [-0.39, 0.29) is 22.3 Å². The minimum Gasteiger partial charge on any atom is -0.366 e. The second-order valence-corrected chi connectivity index (χ2v) is 27.1. The second-order valence-electron chi connectivity index (χ2n) is 25.2. The van der Waals surface area contributed by atoms with Gasteiger partial charge in [-0.2, -0.15) is 0 Å². The van der Waals surface area contributed by atoms with Crippen LogP contribution in [0.15, 0.2) is 272 Å². The van der Waals surface area contributed by atoms with Gasteiger partial charge in [0, 0.05) is 143 Å². The van der Waals surface area contributed by atoms with Crippen LogP contribution in [0, 0.1) is 0 Å². The van der Waals surface area contributed by atoms with Gasteiger partial charge in [-0.05, 0) is 314 Å². The van der Waals surface area contributed by atoms with E-state index in [1.807, 2.05) is 4.90 Å². The van der Waals surface area contributed by atoms with Gasteiger partial charge in [0.25, 0.3) is 0 Å². The van der Waals surface area contributed by atoms with Crippen molar-refractivity contribution in [3.63, 3.8) is 0 Å². The van der Waals surface area contributed by atoms with Crippen LogP contribution in [-0.4, -0.2) is 155 Å². The maximum atomic E-state index is 8.80. The van der Waals surface area contributed by atoms with Crippen molar-refractivity contribution >= 4 is 58.0 Å². The number of ether oxygens (including phenoxy) is 5. The zero-order chi connectivity index (χ0) is 163. The molecule has 0 bridgehead atoms. The summed E-state index contributed by atoms with van der Waals surface area (Å²) in [6, 6.07) is -57.6. The average molecular weight is 1810 g/mol. The Morgan fingerprint density at radius 2 is 0.575 bits per heavy atom. The van der Waals surface area contributed by atoms with Gasteiger partial charge in [-0.25, -0.2) is 0 Å². The Labute approximate surface area is 869 Å². The lowest BCUT2D eigenvalue weighted by Crippen LogP contribution is -2.31. The Bertz CT molecular complexity index is 8940. The fraction of sp³-hybridized carbons (Fsp3) is 0.429. The molecule has 0 unspecified atom stereocenters. The molecule has 0 saturated carbocycles. The fourth-order valence-corrected chi connectivity index (χ4v) is 11.4. The third-order valence-corrected chi connectivity index (χ3v) is 18.3. The predicted molar refractivity (Wildman–Crippen MR) is 503 cm³/mol. The summed E-state index contributed by atoms with van der Waals surface area (Å²) in [6.07, 6.45) is -27.2. The van der Waals surface area contributed by atoms with Gasteiger partial charge in [-0.15, -0.1) is 0 Å². The maximum Gasteiger partial charge on any atom is 0.115 e. The van der Waals surface area contributed by atoms with Gasteiger partial charge in [0.2, 0.25) is 0 Å². The van der Waals surface area contributed by atoms with Gasteiger partial charge in [0.05, 0.1) is 67.2 Å². The Kier molecular flexibility index (Phi) is 12.2. The number of benzene rings is 10. The van der Waals surface area contributed by atoms with Gasteiger partial charge in [-0.3, -0.25) is 0 Å². The first-order valence-corrected chi connectivity index (χ1v) is 37.2. The van der Waals surface area contributed by atoms with Crippen molar-refractivity contribution in [2.75, 3.05) is 101 Å². The van der Waals surface area contributed by atoms with E-state index in [4.69, 9.17) is 204 Å². The molecule has 0 amide bonds. The smallest absolute Gasteiger partial charge is 0.115 e. The van der Waals surface area contributed by atoms with Crippen molar-refractivity contribution in [1.29, 1.82) is 0 Å². The van der Waals surface area contributed by atoms with Crippen LogP contribution < -0.4 is 0 Å². The first kappa shape index (κ1) is 31.7. The van der Waals surface area contributed by atoms with Crippen molar-refractivity contribution in [2.45, 2.75) is 188 Å². The van der Waals surface area contributed by atoms with Crippen LogP contribution in [-0.2, 0) is 51.7 Å². The summed E-state index contributed by atoms with van der Waals surface area (Å²) in [7, 11) is 5.86. The first-order valence-electron chi connectivity index (χ1n) is 79.9. The molecule has 15 heteroatoms. The lowest BCUT2D eigenvalue weighted by atomic mass is 9.88. The number of rotatable bonds is 30. The number of halogens is 5. The number of hydrogen-bond acceptors (Lipinski definition) is 10. The van der Waals surface area contributed by atoms with Gasteiger partial charge in [0.1, 0.15) is 28.0 Å². The van der Waals surface area contributed by atoms with Crippen LogP contribution in [0.25, 0.3) is 0 Å². The van der Waals surface area contributed by atoms with Crippen LogP contribution in [0.3, 0.4) is 0 Å². The summed E-state index contributed by atoms with van der Waals surface area (Å²) in [6.45, 7) is -37.4. The molecule has 640 valence electrons. The highest BCUT2D eigenvalue weighted by atomic mass is 35.5. The third kappa shape index (κ3) is 26.0. The van der Waals surface area contributed by atoms with Crippen LogP contribution in [0.1, 0.15) is 308 Å². The maximum absolute atomic E-state index is 8.80. The summed E-state index contributed by atoms with van der Waals surface area (Å²) >= 11 is 29.6. The van der Waals surface area contributed by atoms with E-state index in [1.165, 1.54) is 0 Å². The van der Waals surface area contributed by atoms with E-state index in [1.54, 1.807) is 19.0 Å². The Balaban J connectivity index is 0.000000239. The summed E-state index contributed by atoms with van der Waals surface area (Å²) in [5.74, 6) is 0. The molecule has 5 saturated heterocycles. The number of likely N-dealkylation sites (tertiary alicyclic amines) is 5. The molecule has 5 heterocycles. The van der Waals surface area contributed by atoms with Gasteiger partial charge >= 0.3 is 0 Å². The zero-order valence-corrected chi connectivity index (χ0v) is 67.6. The molecule has 10 aromatic carbocycles. The lowest BCUT2D eigenvalue weighted by molar-refractivity contribution is -0.0119. The number of nitrogens with zero attached hydrogens (tertiary/aromatic N) is 5. The van der Waals surface area contributed by atoms with Crippen LogP contribution in [0.5, 0.6) is 0 Å². The summed E-state index contributed by atoms with van der Waals surface area (Å²) in [5, 5.41) is -3.57. The normalized spacial score (nSPS) is 38.2. The fourth-order valence-electron chi connectivity index (χ4n) is 10.9. The van der Waals surface area contributed by atoms with E-state index in [9.17, 15) is 0 Å². The van der Waals surface area contributed by atoms with E-state index < -0.39 is 555 Å². The average Bonchev–Trinajstić information content (AvgIpc) is 1.50. The quantitative estimate of drug-likeness (QED) is 0.0435. The molecule has 120 heavy (non-hydrogen) atoms. The van der Waals surface area contributed by atoms with E-state index in [0.29, 0.717) is 44.3 Å². The van der Waals surface area contributed by atoms with E-state index >= 15 is 0 Å². The van der Waals surface area contributed by atoms with E-state index in [0.717, 1.165) is 20.5 Å². The molecule has 5 aliphatic rings. The molecular formula is C105H130Cl5N5O5. The van der Waals surface area contributed by atoms with Gasteiger partial charge in [0.15, 0.2) is 0 Å². The molecule has 0 N–H and O–H groups in total. The van der Waals surface area contributed by atoms with Crippen LogP contribution in [0.4, 0.5) is 0 Å². The van der Waals surface area contributed by atoms with Crippen LogP contribution in [0.2, 0.25) is 25.1 Å². The van der Waals surface area contributed by atoms with Gasteiger partial charge in [-0.1, -0.05) is 269 Å². The minimum absolute atomic E-state index is 0.114. The van der Waals surface area contributed by atoms with Crippen molar-refractivity contribution in [3.8, 4) is 0 Å². The second kappa shape index (κ2) is 46.3. The molecule has 15 rings (SSSR count). The van der Waals surface area contributed by atoms with Gasteiger partial charge < -0.3 is 48.2 Å². The van der Waals surface area contributed by atoms with Crippen molar-refractivity contribution in [1.82, 2.24) is 24.5 Å². The Morgan fingerprint density at radius 1 is 0.317 bits per heavy atom. The van der Waals surface area contributed by atoms with Crippen molar-refractivity contribution in [2.24, 2.45) is 0 Å².